The van der Waals surface area contributed by atoms with Crippen LogP contribution in [0.2, 0.25) is 0 Å². The molecule has 0 aliphatic heterocycles. The quantitative estimate of drug-likeness (QED) is 0.646. The molecule has 0 saturated carbocycles. The Morgan fingerprint density at radius 2 is 2.29 bits per heavy atom. The monoisotopic (exact) mass is 245 g/mol. The molecule has 0 amide bonds. The van der Waals surface area contributed by atoms with Gasteiger partial charge in [-0.2, -0.15) is 5.26 Å². The van der Waals surface area contributed by atoms with Gasteiger partial charge in [-0.3, -0.25) is 0 Å². The molecule has 0 spiro atoms. The lowest BCUT2D eigenvalue weighted by atomic mass is 10.2. The number of imidazole rings is 1. The molecule has 0 unspecified atom stereocenters. The van der Waals surface area contributed by atoms with E-state index in [9.17, 15) is 0 Å². The van der Waals surface area contributed by atoms with Crippen molar-refractivity contribution in [1.29, 1.82) is 5.26 Å². The fourth-order valence-corrected chi connectivity index (χ4v) is 2.53. The number of fused-ring (bicyclic) bond motifs is 1. The van der Waals surface area contributed by atoms with Gasteiger partial charge in [0, 0.05) is 12.2 Å². The molecule has 0 saturated heterocycles. The molecule has 2 rings (SSSR count). The number of hydrogen-bond acceptors (Lipinski definition) is 3. The van der Waals surface area contributed by atoms with Gasteiger partial charge < -0.3 is 4.98 Å². The molecule has 1 aromatic heterocycles. The lowest BCUT2D eigenvalue weighted by Gasteiger charge is -1.94. The Labute approximate surface area is 105 Å². The van der Waals surface area contributed by atoms with Gasteiger partial charge in [-0.05, 0) is 37.5 Å². The normalized spacial score (nSPS) is 10.6. The summed E-state index contributed by atoms with van der Waals surface area (Å²) in [7, 11) is 0. The van der Waals surface area contributed by atoms with Gasteiger partial charge in [0.05, 0.1) is 17.1 Å². The van der Waals surface area contributed by atoms with Crippen molar-refractivity contribution in [2.75, 3.05) is 5.75 Å². The van der Waals surface area contributed by atoms with E-state index in [1.807, 2.05) is 6.07 Å². The van der Waals surface area contributed by atoms with E-state index in [0.717, 1.165) is 34.8 Å². The van der Waals surface area contributed by atoms with Gasteiger partial charge in [-0.1, -0.05) is 17.8 Å². The third-order valence-corrected chi connectivity index (χ3v) is 3.50. The fraction of sp³-hybridized carbons (Fsp3) is 0.385. The Balaban J connectivity index is 1.93. The molecule has 0 atom stereocenters. The molecule has 0 bridgehead atoms. The molecule has 0 radical (unpaired) electrons. The highest BCUT2D eigenvalue weighted by Crippen LogP contribution is 2.21. The first-order chi connectivity index (χ1) is 8.29. The van der Waals surface area contributed by atoms with Gasteiger partial charge in [0.25, 0.3) is 0 Å². The molecule has 1 aromatic carbocycles. The van der Waals surface area contributed by atoms with Crippen molar-refractivity contribution in [3.63, 3.8) is 0 Å². The zero-order chi connectivity index (χ0) is 12.1. The highest BCUT2D eigenvalue weighted by molar-refractivity contribution is 7.99. The van der Waals surface area contributed by atoms with Crippen molar-refractivity contribution in [3.8, 4) is 6.07 Å². The Kier molecular flexibility index (Phi) is 4.05. The standard InChI is InChI=1S/C13H15N3S/c1-10-5-6-11-12(9-10)16-13(15-11)17-8-4-2-3-7-14/h5-6,9H,2-4,8H2,1H3,(H,15,16). The lowest BCUT2D eigenvalue weighted by Crippen LogP contribution is -1.81. The summed E-state index contributed by atoms with van der Waals surface area (Å²) < 4.78 is 0. The Morgan fingerprint density at radius 3 is 3.12 bits per heavy atom. The first-order valence-corrected chi connectivity index (χ1v) is 6.74. The number of nitrogens with one attached hydrogen (secondary N) is 1. The number of benzene rings is 1. The van der Waals surface area contributed by atoms with Crippen LogP contribution in [0.5, 0.6) is 0 Å². The maximum atomic E-state index is 8.43. The van der Waals surface area contributed by atoms with Crippen molar-refractivity contribution >= 4 is 22.8 Å². The van der Waals surface area contributed by atoms with E-state index in [2.05, 4.69) is 35.1 Å². The number of rotatable bonds is 5. The van der Waals surface area contributed by atoms with E-state index >= 15 is 0 Å². The van der Waals surface area contributed by atoms with E-state index in [-0.39, 0.29) is 0 Å². The van der Waals surface area contributed by atoms with Crippen molar-refractivity contribution in [3.05, 3.63) is 23.8 Å². The predicted octanol–water partition coefficient (Wildman–Crippen LogP) is 3.66. The summed E-state index contributed by atoms with van der Waals surface area (Å²) >= 11 is 1.73. The third-order valence-electron chi connectivity index (χ3n) is 2.54. The maximum absolute atomic E-state index is 8.43. The first-order valence-electron chi connectivity index (χ1n) is 5.76. The van der Waals surface area contributed by atoms with Crippen LogP contribution in [0.4, 0.5) is 0 Å². The number of thioether (sulfide) groups is 1. The summed E-state index contributed by atoms with van der Waals surface area (Å²) in [6, 6.07) is 8.39. The highest BCUT2D eigenvalue weighted by Gasteiger charge is 2.02. The second-order valence-corrected chi connectivity index (χ2v) is 5.11. The van der Waals surface area contributed by atoms with Gasteiger partial charge in [0.1, 0.15) is 0 Å². The van der Waals surface area contributed by atoms with Crippen LogP contribution in [-0.2, 0) is 0 Å². The van der Waals surface area contributed by atoms with E-state index in [1.165, 1.54) is 5.56 Å². The largest absolute Gasteiger partial charge is 0.333 e. The number of nitriles is 1. The molecule has 0 aliphatic carbocycles. The number of aromatic amines is 1. The summed E-state index contributed by atoms with van der Waals surface area (Å²) in [6.07, 6.45) is 2.69. The average molecular weight is 245 g/mol. The number of unbranched alkanes of at least 4 members (excludes halogenated alkanes) is 2. The molecule has 88 valence electrons. The van der Waals surface area contributed by atoms with Crippen LogP contribution in [0, 0.1) is 18.3 Å². The minimum atomic E-state index is 0.653. The van der Waals surface area contributed by atoms with Crippen LogP contribution in [0.15, 0.2) is 23.4 Å². The topological polar surface area (TPSA) is 52.5 Å². The minimum absolute atomic E-state index is 0.653. The summed E-state index contributed by atoms with van der Waals surface area (Å²) in [4.78, 5) is 7.83. The van der Waals surface area contributed by atoms with E-state index < -0.39 is 0 Å². The Bertz CT molecular complexity index is 539. The Hall–Kier alpha value is -1.47. The summed E-state index contributed by atoms with van der Waals surface area (Å²) in [6.45, 7) is 2.08. The van der Waals surface area contributed by atoms with E-state index in [4.69, 9.17) is 5.26 Å². The SMILES string of the molecule is Cc1ccc2nc(SCCCCC#N)[nH]c2c1. The molecule has 17 heavy (non-hydrogen) atoms. The van der Waals surface area contributed by atoms with Crippen molar-refractivity contribution < 1.29 is 0 Å². The first kappa shape index (κ1) is 12.0. The number of H-pyrrole nitrogens is 1. The van der Waals surface area contributed by atoms with E-state index in [0.29, 0.717) is 6.42 Å². The van der Waals surface area contributed by atoms with Crippen LogP contribution in [0.25, 0.3) is 11.0 Å². The van der Waals surface area contributed by atoms with Crippen LogP contribution in [-0.4, -0.2) is 15.7 Å². The summed E-state index contributed by atoms with van der Waals surface area (Å²) in [5.74, 6) is 1.01. The molecule has 2 aromatic rings. The zero-order valence-corrected chi connectivity index (χ0v) is 10.7. The summed E-state index contributed by atoms with van der Waals surface area (Å²) in [5, 5.41) is 9.40. The highest BCUT2D eigenvalue weighted by atomic mass is 32.2. The second-order valence-electron chi connectivity index (χ2n) is 4.03. The van der Waals surface area contributed by atoms with Crippen molar-refractivity contribution in [1.82, 2.24) is 9.97 Å². The van der Waals surface area contributed by atoms with Crippen LogP contribution in [0.3, 0.4) is 0 Å². The van der Waals surface area contributed by atoms with Crippen molar-refractivity contribution in [2.24, 2.45) is 0 Å². The molecule has 4 heteroatoms. The lowest BCUT2D eigenvalue weighted by molar-refractivity contribution is 0.828. The van der Waals surface area contributed by atoms with Crippen molar-refractivity contribution in [2.45, 2.75) is 31.3 Å². The molecule has 1 heterocycles. The summed E-state index contributed by atoms with van der Waals surface area (Å²) in [5.41, 5.74) is 3.37. The minimum Gasteiger partial charge on any atom is -0.333 e. The molecule has 3 nitrogen and oxygen atoms in total. The Morgan fingerprint density at radius 1 is 1.41 bits per heavy atom. The number of aromatic nitrogens is 2. The molecule has 1 N–H and O–H groups in total. The smallest absolute Gasteiger partial charge is 0.166 e. The van der Waals surface area contributed by atoms with Gasteiger partial charge >= 0.3 is 0 Å². The van der Waals surface area contributed by atoms with Crippen LogP contribution in [0.1, 0.15) is 24.8 Å². The third kappa shape index (κ3) is 3.24. The second kappa shape index (κ2) is 5.74. The van der Waals surface area contributed by atoms with Crippen LogP contribution >= 0.6 is 11.8 Å². The van der Waals surface area contributed by atoms with Gasteiger partial charge in [0.2, 0.25) is 0 Å². The zero-order valence-electron chi connectivity index (χ0n) is 9.86. The maximum Gasteiger partial charge on any atom is 0.166 e. The fourth-order valence-electron chi connectivity index (χ4n) is 1.64. The molecule has 0 aliphatic rings. The van der Waals surface area contributed by atoms with E-state index in [1.54, 1.807) is 11.8 Å². The van der Waals surface area contributed by atoms with Gasteiger partial charge in [-0.25, -0.2) is 4.98 Å². The predicted molar refractivity (Wildman–Crippen MR) is 71.0 cm³/mol. The molecular weight excluding hydrogens is 230 g/mol. The van der Waals surface area contributed by atoms with Gasteiger partial charge in [0.15, 0.2) is 5.16 Å². The number of aryl methyl sites for hydroxylation is 1. The average Bonchev–Trinajstić information content (AvgIpc) is 2.70. The molecular formula is C13H15N3S. The molecule has 0 fully saturated rings. The van der Waals surface area contributed by atoms with Crippen LogP contribution < -0.4 is 0 Å². The van der Waals surface area contributed by atoms with Gasteiger partial charge in [-0.15, -0.1) is 0 Å². The number of nitrogens with zero attached hydrogens (tertiary/aromatic N) is 2. The number of hydrogen-bond donors (Lipinski definition) is 1.